The van der Waals surface area contributed by atoms with Gasteiger partial charge < -0.3 is 5.32 Å². The molecular formula is C20H20ClN5O. The van der Waals surface area contributed by atoms with Crippen LogP contribution in [-0.2, 0) is 24.2 Å². The van der Waals surface area contributed by atoms with Crippen LogP contribution in [-0.4, -0.2) is 25.7 Å². The molecule has 1 N–H and O–H groups in total. The van der Waals surface area contributed by atoms with E-state index in [2.05, 4.69) is 34.2 Å². The summed E-state index contributed by atoms with van der Waals surface area (Å²) in [6.45, 7) is 5.34. The fourth-order valence-electron chi connectivity index (χ4n) is 3.46. The standard InChI is InChI=1S/C20H20ClN5O/c1-20(2)8-17-15(10-24-26(17)12-20)14-7-18(23-11-16(14)21)25-19(27)6-13-4-3-5-22-9-13/h3-5,7,9-11H,6,8,12H2,1-2H3,(H,23,25,27). The van der Waals surface area contributed by atoms with Gasteiger partial charge in [-0.1, -0.05) is 31.5 Å². The molecule has 0 saturated carbocycles. The Kier molecular flexibility index (Phi) is 4.44. The quantitative estimate of drug-likeness (QED) is 0.746. The first-order chi connectivity index (χ1) is 12.9. The van der Waals surface area contributed by atoms with Crippen LogP contribution in [0, 0.1) is 5.41 Å². The molecule has 4 rings (SSSR count). The zero-order valence-electron chi connectivity index (χ0n) is 15.2. The second-order valence-electron chi connectivity index (χ2n) is 7.64. The van der Waals surface area contributed by atoms with Crippen LogP contribution < -0.4 is 5.32 Å². The number of hydrogen-bond acceptors (Lipinski definition) is 4. The van der Waals surface area contributed by atoms with E-state index in [0.29, 0.717) is 10.8 Å². The normalized spacial score (nSPS) is 14.8. The topological polar surface area (TPSA) is 72.7 Å². The monoisotopic (exact) mass is 381 g/mol. The molecule has 0 spiro atoms. The van der Waals surface area contributed by atoms with Crippen molar-refractivity contribution in [3.8, 4) is 11.1 Å². The van der Waals surface area contributed by atoms with Gasteiger partial charge in [0.1, 0.15) is 5.82 Å². The van der Waals surface area contributed by atoms with Crippen molar-refractivity contribution in [3.63, 3.8) is 0 Å². The van der Waals surface area contributed by atoms with Crippen molar-refractivity contribution in [1.82, 2.24) is 19.7 Å². The number of pyridine rings is 2. The molecule has 1 amide bonds. The van der Waals surface area contributed by atoms with E-state index >= 15 is 0 Å². The van der Waals surface area contributed by atoms with Gasteiger partial charge in [0.05, 0.1) is 17.6 Å². The van der Waals surface area contributed by atoms with Gasteiger partial charge in [-0.3, -0.25) is 14.5 Å². The maximum absolute atomic E-state index is 12.3. The zero-order valence-corrected chi connectivity index (χ0v) is 16.0. The van der Waals surface area contributed by atoms with Crippen LogP contribution in [0.2, 0.25) is 5.02 Å². The Morgan fingerprint density at radius 3 is 2.93 bits per heavy atom. The molecule has 0 aromatic carbocycles. The Morgan fingerprint density at radius 2 is 2.15 bits per heavy atom. The van der Waals surface area contributed by atoms with E-state index in [-0.39, 0.29) is 17.7 Å². The van der Waals surface area contributed by atoms with Crippen molar-refractivity contribution in [2.75, 3.05) is 5.32 Å². The van der Waals surface area contributed by atoms with Gasteiger partial charge in [-0.15, -0.1) is 0 Å². The molecule has 0 bridgehead atoms. The van der Waals surface area contributed by atoms with Gasteiger partial charge in [0, 0.05) is 42.0 Å². The summed E-state index contributed by atoms with van der Waals surface area (Å²) in [5.41, 5.74) is 4.03. The third kappa shape index (κ3) is 3.71. The Balaban J connectivity index is 1.57. The van der Waals surface area contributed by atoms with Crippen molar-refractivity contribution in [3.05, 3.63) is 59.3 Å². The SMILES string of the molecule is CC1(C)Cc2c(-c3cc(NC(=O)Cc4cccnc4)ncc3Cl)cnn2C1. The fraction of sp³-hybridized carbons (Fsp3) is 0.300. The summed E-state index contributed by atoms with van der Waals surface area (Å²) >= 11 is 6.41. The van der Waals surface area contributed by atoms with Crippen LogP contribution in [0.15, 0.2) is 43.0 Å². The fourth-order valence-corrected chi connectivity index (χ4v) is 3.67. The van der Waals surface area contributed by atoms with Crippen molar-refractivity contribution < 1.29 is 4.79 Å². The summed E-state index contributed by atoms with van der Waals surface area (Å²) < 4.78 is 2.03. The molecule has 27 heavy (non-hydrogen) atoms. The van der Waals surface area contributed by atoms with Gasteiger partial charge in [-0.2, -0.15) is 5.10 Å². The predicted octanol–water partition coefficient (Wildman–Crippen LogP) is 3.76. The Bertz CT molecular complexity index is 997. The van der Waals surface area contributed by atoms with Crippen molar-refractivity contribution >= 4 is 23.3 Å². The van der Waals surface area contributed by atoms with E-state index in [4.69, 9.17) is 11.6 Å². The number of anilines is 1. The van der Waals surface area contributed by atoms with Gasteiger partial charge >= 0.3 is 0 Å². The molecule has 7 heteroatoms. The number of rotatable bonds is 4. The van der Waals surface area contributed by atoms with Gasteiger partial charge in [-0.25, -0.2) is 4.98 Å². The van der Waals surface area contributed by atoms with E-state index in [0.717, 1.165) is 29.7 Å². The number of nitrogens with zero attached hydrogens (tertiary/aromatic N) is 4. The third-order valence-corrected chi connectivity index (χ3v) is 4.97. The number of fused-ring (bicyclic) bond motifs is 1. The molecule has 3 aromatic heterocycles. The van der Waals surface area contributed by atoms with Gasteiger partial charge in [0.15, 0.2) is 0 Å². The highest BCUT2D eigenvalue weighted by Crippen LogP contribution is 2.39. The minimum absolute atomic E-state index is 0.148. The molecule has 0 atom stereocenters. The lowest BCUT2D eigenvalue weighted by Gasteiger charge is -2.14. The molecule has 1 aliphatic heterocycles. The number of halogens is 1. The summed E-state index contributed by atoms with van der Waals surface area (Å²) in [4.78, 5) is 20.6. The molecule has 0 fully saturated rings. The first-order valence-corrected chi connectivity index (χ1v) is 9.18. The lowest BCUT2D eigenvalue weighted by molar-refractivity contribution is -0.115. The highest BCUT2D eigenvalue weighted by atomic mass is 35.5. The highest BCUT2D eigenvalue weighted by Gasteiger charge is 2.32. The van der Waals surface area contributed by atoms with Crippen molar-refractivity contribution in [2.45, 2.75) is 33.2 Å². The molecule has 138 valence electrons. The van der Waals surface area contributed by atoms with Crippen LogP contribution in [0.1, 0.15) is 25.1 Å². The van der Waals surface area contributed by atoms with Crippen LogP contribution in [0.3, 0.4) is 0 Å². The van der Waals surface area contributed by atoms with Crippen molar-refractivity contribution in [1.29, 1.82) is 0 Å². The molecular weight excluding hydrogens is 362 g/mol. The van der Waals surface area contributed by atoms with E-state index in [1.807, 2.05) is 29.1 Å². The summed E-state index contributed by atoms with van der Waals surface area (Å²) in [7, 11) is 0. The summed E-state index contributed by atoms with van der Waals surface area (Å²) in [5, 5.41) is 7.88. The Hall–Kier alpha value is -2.73. The minimum atomic E-state index is -0.148. The van der Waals surface area contributed by atoms with Crippen LogP contribution in [0.5, 0.6) is 0 Å². The summed E-state index contributed by atoms with van der Waals surface area (Å²) in [5.74, 6) is 0.325. The molecule has 0 saturated heterocycles. The second kappa shape index (κ2) is 6.78. The van der Waals surface area contributed by atoms with Gasteiger partial charge in [-0.05, 0) is 29.5 Å². The van der Waals surface area contributed by atoms with Crippen LogP contribution >= 0.6 is 11.6 Å². The average Bonchev–Trinajstić information content (AvgIpc) is 3.12. The van der Waals surface area contributed by atoms with Gasteiger partial charge in [0.2, 0.25) is 5.91 Å². The molecule has 0 aliphatic carbocycles. The van der Waals surface area contributed by atoms with Crippen LogP contribution in [0.4, 0.5) is 5.82 Å². The molecule has 4 heterocycles. The molecule has 3 aromatic rings. The Morgan fingerprint density at radius 1 is 1.30 bits per heavy atom. The molecule has 1 aliphatic rings. The van der Waals surface area contributed by atoms with Crippen LogP contribution in [0.25, 0.3) is 11.1 Å². The lowest BCUT2D eigenvalue weighted by Crippen LogP contribution is -2.15. The number of nitrogens with one attached hydrogen (secondary N) is 1. The lowest BCUT2D eigenvalue weighted by atomic mass is 9.89. The van der Waals surface area contributed by atoms with E-state index in [9.17, 15) is 4.79 Å². The molecule has 6 nitrogen and oxygen atoms in total. The Labute approximate surface area is 162 Å². The van der Waals surface area contributed by atoms with E-state index in [1.54, 1.807) is 18.6 Å². The van der Waals surface area contributed by atoms with Crippen molar-refractivity contribution in [2.24, 2.45) is 5.41 Å². The first kappa shape index (κ1) is 17.7. The van der Waals surface area contributed by atoms with Gasteiger partial charge in [0.25, 0.3) is 0 Å². The number of carbonyl (C=O) groups excluding carboxylic acids is 1. The highest BCUT2D eigenvalue weighted by molar-refractivity contribution is 6.33. The number of hydrogen-bond donors (Lipinski definition) is 1. The number of aromatic nitrogens is 4. The minimum Gasteiger partial charge on any atom is -0.310 e. The number of amides is 1. The third-order valence-electron chi connectivity index (χ3n) is 4.67. The maximum Gasteiger partial charge on any atom is 0.230 e. The smallest absolute Gasteiger partial charge is 0.230 e. The summed E-state index contributed by atoms with van der Waals surface area (Å²) in [6.07, 6.45) is 7.95. The second-order valence-corrected chi connectivity index (χ2v) is 8.05. The van der Waals surface area contributed by atoms with E-state index in [1.165, 1.54) is 5.69 Å². The molecule has 0 unspecified atom stereocenters. The zero-order chi connectivity index (χ0) is 19.0. The maximum atomic E-state index is 12.3. The average molecular weight is 382 g/mol. The predicted molar refractivity (Wildman–Crippen MR) is 105 cm³/mol. The summed E-state index contributed by atoms with van der Waals surface area (Å²) in [6, 6.07) is 5.49. The molecule has 0 radical (unpaired) electrons. The largest absolute Gasteiger partial charge is 0.310 e. The van der Waals surface area contributed by atoms with E-state index < -0.39 is 0 Å². The number of carbonyl (C=O) groups is 1. The first-order valence-electron chi connectivity index (χ1n) is 8.81.